The fraction of sp³-hybridized carbons (Fsp3) is 0.463. The Morgan fingerprint density at radius 1 is 1.13 bits per heavy atom. The Hall–Kier alpha value is -4.55. The van der Waals surface area contributed by atoms with E-state index in [0.29, 0.717) is 41.6 Å². The van der Waals surface area contributed by atoms with Crippen LogP contribution in [0.4, 0.5) is 5.69 Å². The maximum absolute atomic E-state index is 14.7. The van der Waals surface area contributed by atoms with Gasteiger partial charge in [0.05, 0.1) is 29.7 Å². The number of carbonyl (C=O) groups is 2. The van der Waals surface area contributed by atoms with Crippen LogP contribution in [0.25, 0.3) is 11.2 Å². The van der Waals surface area contributed by atoms with E-state index in [-0.39, 0.29) is 28.8 Å². The highest BCUT2D eigenvalue weighted by atomic mass is 32.2. The Morgan fingerprint density at radius 2 is 1.98 bits per heavy atom. The molecule has 4 heterocycles. The molecule has 2 aromatic heterocycles. The molecule has 1 N–H and O–H groups in total. The summed E-state index contributed by atoms with van der Waals surface area (Å²) in [6.07, 6.45) is 14.7. The van der Waals surface area contributed by atoms with Gasteiger partial charge in [-0.25, -0.2) is 9.19 Å². The van der Waals surface area contributed by atoms with Gasteiger partial charge < -0.3 is 18.9 Å². The summed E-state index contributed by atoms with van der Waals surface area (Å²) in [6, 6.07) is 12.2. The lowest BCUT2D eigenvalue weighted by Crippen LogP contribution is -2.49. The van der Waals surface area contributed by atoms with Gasteiger partial charge in [0.1, 0.15) is 21.2 Å². The minimum Gasteiger partial charge on any atom is -0.490 e. The summed E-state index contributed by atoms with van der Waals surface area (Å²) in [5, 5.41) is 0. The van der Waals surface area contributed by atoms with Crippen LogP contribution in [0.2, 0.25) is 0 Å². The Morgan fingerprint density at radius 3 is 2.79 bits per heavy atom. The van der Waals surface area contributed by atoms with Crippen LogP contribution in [-0.4, -0.2) is 69.2 Å². The van der Waals surface area contributed by atoms with Crippen LogP contribution in [-0.2, 0) is 33.5 Å². The molecule has 6 atom stereocenters. The van der Waals surface area contributed by atoms with Crippen molar-refractivity contribution < 1.29 is 23.3 Å². The number of carbonyl (C=O) groups excluding carboxylic acids is 2. The molecule has 0 saturated heterocycles. The molecular weight excluding hydrogens is 689 g/mol. The molecule has 2 amide bonds. The number of hydrogen-bond acceptors (Lipinski definition) is 8. The summed E-state index contributed by atoms with van der Waals surface area (Å²) in [7, 11) is -0.0533. The predicted octanol–water partition coefficient (Wildman–Crippen LogP) is 6.34. The van der Waals surface area contributed by atoms with Gasteiger partial charge in [0.2, 0.25) is 0 Å². The quantitative estimate of drug-likeness (QED) is 0.242. The molecule has 53 heavy (non-hydrogen) atoms. The van der Waals surface area contributed by atoms with Gasteiger partial charge in [-0.3, -0.25) is 19.3 Å². The van der Waals surface area contributed by atoms with Crippen LogP contribution in [0.1, 0.15) is 76.4 Å². The van der Waals surface area contributed by atoms with Crippen LogP contribution in [0.5, 0.6) is 5.75 Å². The normalized spacial score (nSPS) is 29.2. The van der Waals surface area contributed by atoms with E-state index in [0.717, 1.165) is 56.6 Å². The van der Waals surface area contributed by atoms with Crippen LogP contribution in [0.3, 0.4) is 0 Å². The summed E-state index contributed by atoms with van der Waals surface area (Å²) < 4.78 is 36.2. The van der Waals surface area contributed by atoms with Crippen LogP contribution in [0.15, 0.2) is 71.5 Å². The molecule has 1 unspecified atom stereocenters. The maximum Gasteiger partial charge on any atom is 0.286 e. The van der Waals surface area contributed by atoms with E-state index in [1.54, 1.807) is 37.2 Å². The van der Waals surface area contributed by atoms with E-state index < -0.39 is 21.7 Å². The second kappa shape index (κ2) is 14.0. The Bertz CT molecular complexity index is 2240. The molecule has 12 heteroatoms. The average molecular weight is 737 g/mol. The summed E-state index contributed by atoms with van der Waals surface area (Å²) >= 11 is 0. The Balaban J connectivity index is 1.20. The molecule has 2 aliphatic heterocycles. The smallest absolute Gasteiger partial charge is 0.286 e. The zero-order chi connectivity index (χ0) is 36.9. The lowest BCUT2D eigenvalue weighted by atomic mass is 9.68. The zero-order valence-electron chi connectivity index (χ0n) is 30.9. The van der Waals surface area contributed by atoms with Gasteiger partial charge >= 0.3 is 0 Å². The number of fused-ring (bicyclic) bond motifs is 5. The lowest BCUT2D eigenvalue weighted by molar-refractivity contribution is 0.0131. The van der Waals surface area contributed by atoms with Gasteiger partial charge in [0.25, 0.3) is 11.8 Å². The van der Waals surface area contributed by atoms with Crippen molar-refractivity contribution in [3.8, 4) is 5.75 Å². The standard InChI is InChI=1S/C41H48N6O5S/c1-26-10-14-33-28(19-26)8-6-16-41(33)24-47-21-30-11-13-31(30)35(51-4)9-5-7-27(2)23-53(50,44-39(48)29-12-15-36(52-25-41)34(47)20-29)45-40(49)32-22-46(3)38-37(32)42-17-18-43-38/h5,9-10,12,14-15,17-20,22,27,30-31,35H,6-8,11,13,16,21,23-25H2,1-4H3,(H,44,45,48,49,50)/b9-5+/t27-,30-,31+,35-,41-,53?/m0/s1. The van der Waals surface area contributed by atoms with E-state index in [2.05, 4.69) is 61.2 Å². The number of allylic oxidation sites excluding steroid dienone is 1. The zero-order valence-corrected chi connectivity index (χ0v) is 31.7. The highest BCUT2D eigenvalue weighted by Gasteiger charge is 2.44. The van der Waals surface area contributed by atoms with Crippen molar-refractivity contribution in [2.24, 2.45) is 29.2 Å². The van der Waals surface area contributed by atoms with Crippen LogP contribution in [0, 0.1) is 24.7 Å². The first-order valence-electron chi connectivity index (χ1n) is 18.7. The third-order valence-corrected chi connectivity index (χ3v) is 13.8. The molecule has 1 fully saturated rings. The van der Waals surface area contributed by atoms with Gasteiger partial charge in [-0.1, -0.05) is 42.8 Å². The molecule has 8 rings (SSSR count). The first-order chi connectivity index (χ1) is 25.5. The summed E-state index contributed by atoms with van der Waals surface area (Å²) in [5.74, 6) is 0.00454. The van der Waals surface area contributed by atoms with E-state index in [9.17, 15) is 13.8 Å². The highest BCUT2D eigenvalue weighted by Crippen LogP contribution is 2.47. The molecule has 2 aliphatic carbocycles. The number of aryl methyl sites for hydroxylation is 3. The number of methoxy groups -OCH3 is 1. The second-order valence-corrected chi connectivity index (χ2v) is 17.6. The number of amides is 2. The minimum absolute atomic E-state index is 0.0173. The fourth-order valence-corrected chi connectivity index (χ4v) is 10.9. The molecule has 11 nitrogen and oxygen atoms in total. The number of rotatable bonds is 3. The highest BCUT2D eigenvalue weighted by molar-refractivity contribution is 7.92. The van der Waals surface area contributed by atoms with Gasteiger partial charge in [0, 0.05) is 56.8 Å². The van der Waals surface area contributed by atoms with E-state index in [4.69, 9.17) is 9.47 Å². The fourth-order valence-electron chi connectivity index (χ4n) is 8.99. The average Bonchev–Trinajstić information content (AvgIpc) is 3.38. The third-order valence-electron chi connectivity index (χ3n) is 11.8. The number of anilines is 1. The molecule has 0 radical (unpaired) electrons. The van der Waals surface area contributed by atoms with Gasteiger partial charge in [-0.15, -0.1) is 4.36 Å². The number of benzene rings is 2. The number of nitrogens with one attached hydrogen (secondary N) is 1. The number of aromatic nitrogens is 3. The molecule has 1 saturated carbocycles. The summed E-state index contributed by atoms with van der Waals surface area (Å²) in [6.45, 7) is 6.19. The topological polar surface area (TPSA) is 128 Å². The number of hydrogen-bond donors (Lipinski definition) is 1. The van der Waals surface area contributed by atoms with Gasteiger partial charge in [0.15, 0.2) is 5.65 Å². The van der Waals surface area contributed by atoms with Crippen molar-refractivity contribution in [1.82, 2.24) is 19.3 Å². The second-order valence-electron chi connectivity index (χ2n) is 15.6. The van der Waals surface area contributed by atoms with Crippen LogP contribution < -0.4 is 14.4 Å². The Labute approximate surface area is 311 Å². The summed E-state index contributed by atoms with van der Waals surface area (Å²) in [5.41, 5.74) is 6.04. The van der Waals surface area contributed by atoms with E-state index in [1.165, 1.54) is 22.9 Å². The van der Waals surface area contributed by atoms with Gasteiger partial charge in [-0.05, 0) is 92.5 Å². The molecule has 4 aliphatic rings. The van der Waals surface area contributed by atoms with Crippen LogP contribution >= 0.6 is 0 Å². The monoisotopic (exact) mass is 736 g/mol. The lowest BCUT2D eigenvalue weighted by Gasteiger charge is -2.46. The first-order valence-corrected chi connectivity index (χ1v) is 20.4. The SMILES string of the molecule is CO[C@H]1/C=C/C[C@H](C)CS(=O)(NC(=O)c2cn(C)c3nccnc23)=NC(=O)c2ccc3c(c2)N(C[C@@H]2CC[C@H]21)C[C@@]1(CCCc2cc(C)ccc21)CO3. The number of nitrogens with zero attached hydrogens (tertiary/aromatic N) is 5. The van der Waals surface area contributed by atoms with Crippen molar-refractivity contribution in [3.63, 3.8) is 0 Å². The molecule has 278 valence electrons. The largest absolute Gasteiger partial charge is 0.490 e. The Kier molecular flexibility index (Phi) is 9.39. The van der Waals surface area contributed by atoms with Crippen molar-refractivity contribution in [1.29, 1.82) is 0 Å². The van der Waals surface area contributed by atoms with Crippen molar-refractivity contribution in [2.45, 2.75) is 63.9 Å². The van der Waals surface area contributed by atoms with Crippen molar-refractivity contribution in [3.05, 3.63) is 95.0 Å². The maximum atomic E-state index is 14.7. The molecule has 2 aromatic carbocycles. The predicted molar refractivity (Wildman–Crippen MR) is 206 cm³/mol. The van der Waals surface area contributed by atoms with Gasteiger partial charge in [-0.2, -0.15) is 0 Å². The minimum atomic E-state index is -3.59. The van der Waals surface area contributed by atoms with E-state index >= 15 is 0 Å². The van der Waals surface area contributed by atoms with E-state index in [1.807, 2.05) is 19.1 Å². The molecule has 2 bridgehead atoms. The molecule has 4 aromatic rings. The molecular formula is C41H48N6O5S. The third kappa shape index (κ3) is 6.76. The number of ether oxygens (including phenoxy) is 2. The van der Waals surface area contributed by atoms with Crippen molar-refractivity contribution >= 4 is 38.6 Å². The first kappa shape index (κ1) is 35.5. The summed E-state index contributed by atoms with van der Waals surface area (Å²) in [4.78, 5) is 39.0. The molecule has 1 spiro atoms. The van der Waals surface area contributed by atoms with Crippen molar-refractivity contribution in [2.75, 3.05) is 37.5 Å².